The number of nitrogens with zero attached hydrogens (tertiary/aromatic N) is 1. The van der Waals surface area contributed by atoms with Gasteiger partial charge < -0.3 is 14.5 Å². The Kier molecular flexibility index (Phi) is 6.71. The minimum absolute atomic E-state index is 0.161. The van der Waals surface area contributed by atoms with E-state index in [1.165, 1.54) is 12.7 Å². The highest BCUT2D eigenvalue weighted by atomic mass is 79.9. The highest BCUT2D eigenvalue weighted by Gasteiger charge is 2.19. The highest BCUT2D eigenvalue weighted by Crippen LogP contribution is 2.36. The maximum atomic E-state index is 13.1. The van der Waals surface area contributed by atoms with Crippen molar-refractivity contribution in [2.75, 3.05) is 12.4 Å². The Morgan fingerprint density at radius 3 is 2.72 bits per heavy atom. The standard InChI is InChI=1S/C28H22BrN3O3S/c1-3-16-11-12-23-22(13-16)31-27(35-23)18-8-6-9-19(14-18)30-28(36)32-26(33)21-15-17-7-4-5-10-20(17)24(29)25(21)34-2/h4-15H,3H2,1-2H3,(H2,30,32,33,36). The number of rotatable bonds is 5. The lowest BCUT2D eigenvalue weighted by Crippen LogP contribution is -2.34. The second kappa shape index (κ2) is 10.1. The number of aromatic nitrogens is 1. The lowest BCUT2D eigenvalue weighted by Gasteiger charge is -2.14. The van der Waals surface area contributed by atoms with E-state index in [-0.39, 0.29) is 11.0 Å². The number of ether oxygens (including phenoxy) is 1. The van der Waals surface area contributed by atoms with E-state index in [9.17, 15) is 4.79 Å². The molecule has 0 spiro atoms. The normalized spacial score (nSPS) is 11.0. The van der Waals surface area contributed by atoms with Crippen molar-refractivity contribution in [3.8, 4) is 17.2 Å². The maximum Gasteiger partial charge on any atom is 0.261 e. The van der Waals surface area contributed by atoms with Gasteiger partial charge in [-0.05, 0) is 87.3 Å². The largest absolute Gasteiger partial charge is 0.495 e. The molecular weight excluding hydrogens is 538 g/mol. The molecule has 5 rings (SSSR count). The van der Waals surface area contributed by atoms with Gasteiger partial charge in [0, 0.05) is 11.3 Å². The van der Waals surface area contributed by atoms with Crippen molar-refractivity contribution in [2.24, 2.45) is 0 Å². The molecule has 36 heavy (non-hydrogen) atoms. The average Bonchev–Trinajstić information content (AvgIpc) is 3.32. The summed E-state index contributed by atoms with van der Waals surface area (Å²) in [5, 5.41) is 7.84. The summed E-state index contributed by atoms with van der Waals surface area (Å²) in [6.45, 7) is 2.11. The molecule has 8 heteroatoms. The number of fused-ring (bicyclic) bond motifs is 2. The van der Waals surface area contributed by atoms with Crippen molar-refractivity contribution >= 4 is 66.7 Å². The third-order valence-electron chi connectivity index (χ3n) is 5.84. The number of carbonyl (C=O) groups is 1. The fourth-order valence-corrected chi connectivity index (χ4v) is 4.98. The molecule has 0 fully saturated rings. The van der Waals surface area contributed by atoms with Gasteiger partial charge in [0.15, 0.2) is 10.7 Å². The van der Waals surface area contributed by atoms with Crippen molar-refractivity contribution in [3.63, 3.8) is 0 Å². The fourth-order valence-electron chi connectivity index (χ4n) is 4.03. The number of oxazole rings is 1. The summed E-state index contributed by atoms with van der Waals surface area (Å²) < 4.78 is 12.2. The number of halogens is 1. The number of methoxy groups -OCH3 is 1. The molecule has 0 radical (unpaired) electrons. The van der Waals surface area contributed by atoms with Crippen LogP contribution in [0.3, 0.4) is 0 Å². The van der Waals surface area contributed by atoms with Crippen LogP contribution in [0.4, 0.5) is 5.69 Å². The molecule has 180 valence electrons. The predicted octanol–water partition coefficient (Wildman–Crippen LogP) is 7.11. The number of aryl methyl sites for hydroxylation is 1. The lowest BCUT2D eigenvalue weighted by molar-refractivity contribution is 0.0975. The van der Waals surface area contributed by atoms with Gasteiger partial charge in [0.1, 0.15) is 11.3 Å². The van der Waals surface area contributed by atoms with E-state index in [1.807, 2.05) is 66.7 Å². The number of amides is 1. The molecule has 0 saturated carbocycles. The number of hydrogen-bond donors (Lipinski definition) is 2. The highest BCUT2D eigenvalue weighted by molar-refractivity contribution is 9.10. The van der Waals surface area contributed by atoms with Crippen LogP contribution < -0.4 is 15.4 Å². The summed E-state index contributed by atoms with van der Waals surface area (Å²) in [6.07, 6.45) is 0.933. The Labute approximate surface area is 221 Å². The van der Waals surface area contributed by atoms with Gasteiger partial charge in [-0.25, -0.2) is 4.98 Å². The fraction of sp³-hybridized carbons (Fsp3) is 0.107. The van der Waals surface area contributed by atoms with E-state index in [0.29, 0.717) is 27.4 Å². The van der Waals surface area contributed by atoms with E-state index >= 15 is 0 Å². The van der Waals surface area contributed by atoms with E-state index in [1.54, 1.807) is 6.07 Å². The van der Waals surface area contributed by atoms with E-state index < -0.39 is 0 Å². The Morgan fingerprint density at radius 2 is 1.92 bits per heavy atom. The second-order valence-corrected chi connectivity index (χ2v) is 9.36. The zero-order chi connectivity index (χ0) is 25.2. The zero-order valence-corrected chi connectivity index (χ0v) is 22.0. The van der Waals surface area contributed by atoms with Crippen LogP contribution in [0.25, 0.3) is 33.3 Å². The van der Waals surface area contributed by atoms with Crippen molar-refractivity contribution in [2.45, 2.75) is 13.3 Å². The van der Waals surface area contributed by atoms with Crippen LogP contribution in [0.2, 0.25) is 0 Å². The molecule has 0 unspecified atom stereocenters. The molecule has 0 aliphatic carbocycles. The van der Waals surface area contributed by atoms with Crippen LogP contribution in [0, 0.1) is 0 Å². The molecule has 4 aromatic carbocycles. The molecule has 0 saturated heterocycles. The molecule has 0 aliphatic heterocycles. The Morgan fingerprint density at radius 1 is 1.08 bits per heavy atom. The van der Waals surface area contributed by atoms with Gasteiger partial charge in [-0.15, -0.1) is 0 Å². The predicted molar refractivity (Wildman–Crippen MR) is 151 cm³/mol. The monoisotopic (exact) mass is 559 g/mol. The third kappa shape index (κ3) is 4.69. The maximum absolute atomic E-state index is 13.1. The van der Waals surface area contributed by atoms with Gasteiger partial charge in [-0.3, -0.25) is 10.1 Å². The van der Waals surface area contributed by atoms with Gasteiger partial charge in [0.05, 0.1) is 17.1 Å². The van der Waals surface area contributed by atoms with E-state index in [4.69, 9.17) is 21.4 Å². The first-order valence-electron chi connectivity index (χ1n) is 11.3. The summed E-state index contributed by atoms with van der Waals surface area (Å²) in [5.74, 6) is 0.582. The van der Waals surface area contributed by atoms with Crippen LogP contribution in [-0.2, 0) is 6.42 Å². The Bertz CT molecular complexity index is 1630. The smallest absolute Gasteiger partial charge is 0.261 e. The van der Waals surface area contributed by atoms with Crippen LogP contribution in [0.1, 0.15) is 22.8 Å². The summed E-state index contributed by atoms with van der Waals surface area (Å²) in [7, 11) is 1.53. The third-order valence-corrected chi connectivity index (χ3v) is 6.84. The SMILES string of the molecule is CCc1ccc2oc(-c3cccc(NC(=S)NC(=O)c4cc5ccccc5c(Br)c4OC)c3)nc2c1. The van der Waals surface area contributed by atoms with Crippen molar-refractivity contribution in [3.05, 3.63) is 88.4 Å². The molecule has 1 aromatic heterocycles. The van der Waals surface area contributed by atoms with E-state index in [2.05, 4.69) is 38.5 Å². The Balaban J connectivity index is 1.35. The first-order valence-corrected chi connectivity index (χ1v) is 12.5. The molecule has 1 amide bonds. The van der Waals surface area contributed by atoms with E-state index in [0.717, 1.165) is 33.9 Å². The van der Waals surface area contributed by atoms with Crippen molar-refractivity contribution in [1.29, 1.82) is 0 Å². The number of anilines is 1. The molecule has 5 aromatic rings. The average molecular weight is 560 g/mol. The van der Waals surface area contributed by atoms with Crippen molar-refractivity contribution < 1.29 is 13.9 Å². The number of hydrogen-bond acceptors (Lipinski definition) is 5. The quantitative estimate of drug-likeness (QED) is 0.223. The first-order chi connectivity index (χ1) is 17.5. The summed E-state index contributed by atoms with van der Waals surface area (Å²) in [4.78, 5) is 17.7. The topological polar surface area (TPSA) is 76.4 Å². The van der Waals surface area contributed by atoms with Crippen LogP contribution in [-0.4, -0.2) is 23.1 Å². The molecule has 1 heterocycles. The molecule has 0 aliphatic rings. The molecule has 6 nitrogen and oxygen atoms in total. The van der Waals surface area contributed by atoms with Crippen molar-refractivity contribution in [1.82, 2.24) is 10.3 Å². The second-order valence-electron chi connectivity index (χ2n) is 8.16. The Hall–Kier alpha value is -3.75. The minimum Gasteiger partial charge on any atom is -0.495 e. The molecule has 0 atom stereocenters. The summed E-state index contributed by atoms with van der Waals surface area (Å²) in [5.41, 5.74) is 4.62. The number of carbonyl (C=O) groups excluding carboxylic acids is 1. The number of benzene rings is 4. The number of nitrogens with one attached hydrogen (secondary N) is 2. The van der Waals surface area contributed by atoms with Crippen LogP contribution >= 0.6 is 28.1 Å². The summed E-state index contributed by atoms with van der Waals surface area (Å²) >= 11 is 8.99. The molecular formula is C28H22BrN3O3S. The van der Waals surface area contributed by atoms with Gasteiger partial charge in [-0.1, -0.05) is 43.3 Å². The van der Waals surface area contributed by atoms with Crippen LogP contribution in [0.15, 0.2) is 81.7 Å². The van der Waals surface area contributed by atoms with Gasteiger partial charge in [0.25, 0.3) is 5.91 Å². The van der Waals surface area contributed by atoms with Crippen LogP contribution in [0.5, 0.6) is 5.75 Å². The lowest BCUT2D eigenvalue weighted by atomic mass is 10.1. The number of thiocarbonyl (C=S) groups is 1. The molecule has 2 N–H and O–H groups in total. The first kappa shape index (κ1) is 24.0. The summed E-state index contributed by atoms with van der Waals surface area (Å²) in [6, 6.07) is 23.1. The van der Waals surface area contributed by atoms with Gasteiger partial charge >= 0.3 is 0 Å². The molecule has 0 bridgehead atoms. The van der Waals surface area contributed by atoms with Gasteiger partial charge in [-0.2, -0.15) is 0 Å². The zero-order valence-electron chi connectivity index (χ0n) is 19.6. The van der Waals surface area contributed by atoms with Gasteiger partial charge in [0.2, 0.25) is 5.89 Å². The minimum atomic E-state index is -0.377.